The Balaban J connectivity index is 3.29. The highest BCUT2D eigenvalue weighted by atomic mass is 15.1. The van der Waals surface area contributed by atoms with E-state index in [2.05, 4.69) is 0 Å². The summed E-state index contributed by atoms with van der Waals surface area (Å²) in [4.78, 5) is 0.495. The molecule has 10 heavy (non-hydrogen) atoms. The Labute approximate surface area is 70.7 Å². The second-order valence-electron chi connectivity index (χ2n) is 2.12. The predicted octanol–water partition coefficient (Wildman–Crippen LogP) is 2.06. The van der Waals surface area contributed by atoms with E-state index < -0.39 is 14.0 Å². The van der Waals surface area contributed by atoms with Gasteiger partial charge in [-0.2, -0.15) is 0 Å². The van der Waals surface area contributed by atoms with Gasteiger partial charge in [-0.25, -0.2) is 0 Å². The molecule has 1 aromatic carbocycles. The van der Waals surface area contributed by atoms with E-state index in [1.165, 1.54) is 6.07 Å². The Morgan fingerprint density at radius 1 is 1.30 bits per heavy atom. The molecule has 0 aliphatic carbocycles. The lowest BCUT2D eigenvalue weighted by Gasteiger charge is -2.14. The first kappa shape index (κ1) is 2.57. The van der Waals surface area contributed by atoms with Crippen LogP contribution >= 0.6 is 0 Å². The maximum absolute atomic E-state index is 7.28. The van der Waals surface area contributed by atoms with Crippen molar-refractivity contribution < 1.29 is 8.22 Å². The molecule has 0 N–H and O–H groups in total. The summed E-state index contributed by atoms with van der Waals surface area (Å²) < 4.78 is 43.7. The highest BCUT2D eigenvalue weighted by molar-refractivity contribution is 5.51. The number of hydrogen-bond acceptors (Lipinski definition) is 1. The topological polar surface area (TPSA) is 3.24 Å². The maximum Gasteiger partial charge on any atom is 0.0456 e. The number of hydrogen-bond donors (Lipinski definition) is 0. The van der Waals surface area contributed by atoms with E-state index in [1.807, 2.05) is 0 Å². The van der Waals surface area contributed by atoms with Crippen molar-refractivity contribution in [3.05, 3.63) is 29.8 Å². The Morgan fingerprint density at radius 3 is 2.60 bits per heavy atom. The van der Waals surface area contributed by atoms with Crippen molar-refractivity contribution in [3.8, 4) is 0 Å². The number of aryl methyl sites for hydroxylation is 1. The largest absolute Gasteiger partial charge is 0.377 e. The summed E-state index contributed by atoms with van der Waals surface area (Å²) in [5, 5.41) is 0. The molecule has 1 nitrogen and oxygen atoms in total. The van der Waals surface area contributed by atoms with Crippen LogP contribution in [0.15, 0.2) is 24.3 Å². The molecular weight excluding hydrogens is 122 g/mol. The third-order valence-electron chi connectivity index (χ3n) is 1.36. The van der Waals surface area contributed by atoms with E-state index in [0.717, 1.165) is 0 Å². The molecule has 1 aromatic rings. The molecule has 0 amide bonds. The second kappa shape index (κ2) is 2.74. The second-order valence-corrected chi connectivity index (χ2v) is 2.12. The third kappa shape index (κ3) is 1.29. The highest BCUT2D eigenvalue weighted by Gasteiger charge is 1.95. The van der Waals surface area contributed by atoms with Crippen molar-refractivity contribution in [3.63, 3.8) is 0 Å². The fraction of sp³-hybridized carbons (Fsp3) is 0.333. The maximum atomic E-state index is 7.28. The molecule has 0 aliphatic heterocycles. The van der Waals surface area contributed by atoms with Gasteiger partial charge >= 0.3 is 0 Å². The summed E-state index contributed by atoms with van der Waals surface area (Å²) in [6, 6.07) is 6.52. The van der Waals surface area contributed by atoms with E-state index in [4.69, 9.17) is 8.22 Å². The van der Waals surface area contributed by atoms with Gasteiger partial charge < -0.3 is 4.90 Å². The van der Waals surface area contributed by atoms with Crippen molar-refractivity contribution in [2.24, 2.45) is 0 Å². The molecule has 0 saturated heterocycles. The molecule has 0 aliphatic rings. The number of nitrogens with zero attached hydrogens (tertiary/aromatic N) is 1. The first-order valence-electron chi connectivity index (χ1n) is 6.00. The average Bonchev–Trinajstić information content (AvgIpc) is 2.03. The predicted molar refractivity (Wildman–Crippen MR) is 45.5 cm³/mol. The van der Waals surface area contributed by atoms with Crippen LogP contribution in [0.2, 0.25) is 0 Å². The normalized spacial score (nSPS) is 20.9. The summed E-state index contributed by atoms with van der Waals surface area (Å²) in [5.41, 5.74) is 0.831. The molecule has 0 unspecified atom stereocenters. The Kier molecular flexibility index (Phi) is 0.703. The number of para-hydroxylation sites is 1. The van der Waals surface area contributed by atoms with Gasteiger partial charge in [-0.05, 0) is 18.6 Å². The fourth-order valence-electron chi connectivity index (χ4n) is 0.814. The van der Waals surface area contributed by atoms with Gasteiger partial charge in [-0.15, -0.1) is 0 Å². The molecule has 0 atom stereocenters. The van der Waals surface area contributed by atoms with Crippen molar-refractivity contribution in [1.82, 2.24) is 0 Å². The molecule has 0 aromatic heterocycles. The van der Waals surface area contributed by atoms with E-state index in [9.17, 15) is 0 Å². The van der Waals surface area contributed by atoms with E-state index in [1.54, 1.807) is 25.1 Å². The minimum Gasteiger partial charge on any atom is -0.377 e. The van der Waals surface area contributed by atoms with Gasteiger partial charge in [0.1, 0.15) is 0 Å². The fourth-order valence-corrected chi connectivity index (χ4v) is 0.814. The van der Waals surface area contributed by atoms with Crippen molar-refractivity contribution in [1.29, 1.82) is 0 Å². The van der Waals surface area contributed by atoms with E-state index in [0.29, 0.717) is 10.5 Å². The zero-order valence-corrected chi connectivity index (χ0v) is 5.76. The van der Waals surface area contributed by atoms with Crippen molar-refractivity contribution in [2.45, 2.75) is 6.92 Å². The average molecular weight is 141 g/mol. The highest BCUT2D eigenvalue weighted by Crippen LogP contribution is 2.15. The molecule has 54 valence electrons. The van der Waals surface area contributed by atoms with Crippen LogP contribution in [-0.4, -0.2) is 14.0 Å². The molecule has 0 bridgehead atoms. The molecule has 0 fully saturated rings. The summed E-state index contributed by atoms with van der Waals surface area (Å²) in [5.74, 6) is 0. The van der Waals surface area contributed by atoms with E-state index >= 15 is 0 Å². The van der Waals surface area contributed by atoms with Crippen molar-refractivity contribution >= 4 is 5.69 Å². The van der Waals surface area contributed by atoms with Gasteiger partial charge in [0, 0.05) is 27.9 Å². The van der Waals surface area contributed by atoms with Crippen LogP contribution in [0.3, 0.4) is 0 Å². The van der Waals surface area contributed by atoms with Gasteiger partial charge in [0.05, 0.1) is 0 Å². The lowest BCUT2D eigenvalue weighted by Crippen LogP contribution is -2.09. The SMILES string of the molecule is [2H]C([2H])([2H])N(c1ccccc1C)C([2H])([2H])[2H]. The smallest absolute Gasteiger partial charge is 0.0456 e. The Morgan fingerprint density at radius 2 is 2.00 bits per heavy atom. The molecule has 0 radical (unpaired) electrons. The summed E-state index contributed by atoms with van der Waals surface area (Å²) >= 11 is 0. The number of rotatable bonds is 1. The summed E-state index contributed by atoms with van der Waals surface area (Å²) in [6.45, 7) is -3.69. The van der Waals surface area contributed by atoms with E-state index in [-0.39, 0.29) is 5.69 Å². The lowest BCUT2D eigenvalue weighted by molar-refractivity contribution is 1.11. The molecule has 1 rings (SSSR count). The van der Waals surface area contributed by atoms with Gasteiger partial charge in [0.25, 0.3) is 0 Å². The molecule has 0 heterocycles. The molecule has 0 spiro atoms. The minimum absolute atomic E-state index is 0.211. The summed E-state index contributed by atoms with van der Waals surface area (Å²) in [6.07, 6.45) is 0. The first-order valence-corrected chi connectivity index (χ1v) is 3.00. The van der Waals surface area contributed by atoms with Crippen LogP contribution in [0.5, 0.6) is 0 Å². The Hall–Kier alpha value is -0.980. The first-order chi connectivity index (χ1) is 7.14. The van der Waals surface area contributed by atoms with Crippen LogP contribution in [-0.2, 0) is 0 Å². The Bertz CT molecular complexity index is 353. The van der Waals surface area contributed by atoms with Crippen LogP contribution in [0.4, 0.5) is 5.69 Å². The molecular formula is C9H13N. The van der Waals surface area contributed by atoms with Crippen LogP contribution < -0.4 is 4.90 Å². The van der Waals surface area contributed by atoms with Crippen LogP contribution in [0.25, 0.3) is 0 Å². The van der Waals surface area contributed by atoms with Crippen molar-refractivity contribution in [2.75, 3.05) is 18.9 Å². The third-order valence-corrected chi connectivity index (χ3v) is 1.36. The van der Waals surface area contributed by atoms with Gasteiger partial charge in [0.2, 0.25) is 0 Å². The zero-order chi connectivity index (χ0) is 12.6. The standard InChI is InChI=1S/C9H13N/c1-8-6-4-5-7-9(8)10(2)3/h4-7H,1-3H3/i2D3,3D3. The molecule has 0 saturated carbocycles. The molecule has 1 heteroatoms. The number of anilines is 1. The van der Waals surface area contributed by atoms with Crippen LogP contribution in [0.1, 0.15) is 13.8 Å². The number of benzene rings is 1. The summed E-state index contributed by atoms with van der Waals surface area (Å²) in [7, 11) is 0. The monoisotopic (exact) mass is 141 g/mol. The minimum atomic E-state index is -2.68. The van der Waals surface area contributed by atoms with Gasteiger partial charge in [-0.1, -0.05) is 18.2 Å². The lowest BCUT2D eigenvalue weighted by atomic mass is 10.2. The zero-order valence-electron chi connectivity index (χ0n) is 11.8. The van der Waals surface area contributed by atoms with Gasteiger partial charge in [-0.3, -0.25) is 0 Å². The van der Waals surface area contributed by atoms with Crippen LogP contribution in [0, 0.1) is 6.92 Å². The quantitative estimate of drug-likeness (QED) is 0.578. The van der Waals surface area contributed by atoms with Gasteiger partial charge in [0.15, 0.2) is 0 Å².